The molecule has 18 heavy (non-hydrogen) atoms. The third-order valence-corrected chi connectivity index (χ3v) is 6.71. The van der Waals surface area contributed by atoms with Crippen molar-refractivity contribution in [3.63, 3.8) is 0 Å². The van der Waals surface area contributed by atoms with Crippen molar-refractivity contribution >= 4 is 10.9 Å². The molecule has 3 unspecified atom stereocenters. The van der Waals surface area contributed by atoms with Crippen molar-refractivity contribution in [2.75, 3.05) is 20.0 Å². The number of rotatable bonds is 3. The first-order chi connectivity index (χ1) is 8.50. The van der Waals surface area contributed by atoms with Crippen LogP contribution in [0.2, 0.25) is 0 Å². The van der Waals surface area contributed by atoms with E-state index in [9.17, 15) is 0 Å². The Balaban J connectivity index is 2.31. The van der Waals surface area contributed by atoms with Crippen LogP contribution in [-0.4, -0.2) is 31.5 Å². The van der Waals surface area contributed by atoms with E-state index in [4.69, 9.17) is 9.47 Å². The molecule has 0 N–H and O–H groups in total. The quantitative estimate of drug-likeness (QED) is 0.784. The van der Waals surface area contributed by atoms with Crippen LogP contribution in [-0.2, 0) is 20.4 Å². The second-order valence-electron chi connectivity index (χ2n) is 5.52. The lowest BCUT2D eigenvalue weighted by atomic mass is 9.88. The summed E-state index contributed by atoms with van der Waals surface area (Å²) in [5.74, 6) is 1.06. The highest BCUT2D eigenvalue weighted by molar-refractivity contribution is 7.97. The molecule has 100 valence electrons. The van der Waals surface area contributed by atoms with Gasteiger partial charge in [-0.05, 0) is 32.9 Å². The van der Waals surface area contributed by atoms with Gasteiger partial charge in [0.1, 0.15) is 11.9 Å². The number of hydrogen-bond acceptors (Lipinski definition) is 2. The molecule has 1 aromatic rings. The lowest BCUT2D eigenvalue weighted by molar-refractivity contribution is -0.0240. The highest BCUT2D eigenvalue weighted by atomic mass is 32.2. The van der Waals surface area contributed by atoms with Gasteiger partial charge in [0.05, 0.1) is 16.3 Å². The molecular weight excluding hydrogens is 244 g/mol. The Labute approximate surface area is 113 Å². The molecule has 1 aliphatic heterocycles. The average Bonchev–Trinajstić information content (AvgIpc) is 2.60. The third kappa shape index (κ3) is 2.31. The van der Waals surface area contributed by atoms with Gasteiger partial charge in [-0.15, -0.1) is 0 Å². The van der Waals surface area contributed by atoms with E-state index in [1.54, 1.807) is 7.11 Å². The zero-order valence-corrected chi connectivity index (χ0v) is 12.7. The zero-order valence-electron chi connectivity index (χ0n) is 11.9. The Kier molecular flexibility index (Phi) is 4.05. The van der Waals surface area contributed by atoms with Crippen LogP contribution in [0.15, 0.2) is 29.2 Å². The monoisotopic (exact) mass is 267 g/mol. The van der Waals surface area contributed by atoms with E-state index >= 15 is 0 Å². The number of benzene rings is 1. The first-order valence-corrected chi connectivity index (χ1v) is 7.78. The van der Waals surface area contributed by atoms with E-state index in [-0.39, 0.29) is 27.8 Å². The molecule has 2 nitrogen and oxygen atoms in total. The summed E-state index contributed by atoms with van der Waals surface area (Å²) in [7, 11) is 3.74. The van der Waals surface area contributed by atoms with Crippen LogP contribution < -0.4 is 0 Å². The molecule has 1 saturated heterocycles. The van der Waals surface area contributed by atoms with E-state index < -0.39 is 0 Å². The minimum atomic E-state index is 0.0670. The summed E-state index contributed by atoms with van der Waals surface area (Å²) in [6.07, 6.45) is 0.270. The Hall–Kier alpha value is -0.510. The molecule has 1 fully saturated rings. The highest BCUT2D eigenvalue weighted by Crippen LogP contribution is 2.44. The summed E-state index contributed by atoms with van der Waals surface area (Å²) >= 11 is 0. The third-order valence-electron chi connectivity index (χ3n) is 3.85. The minimum Gasteiger partial charge on any atom is -0.376 e. The summed E-state index contributed by atoms with van der Waals surface area (Å²) in [6.45, 7) is 6.62. The normalized spacial score (nSPS) is 30.6. The summed E-state index contributed by atoms with van der Waals surface area (Å²) in [6, 6.07) is 8.83. The van der Waals surface area contributed by atoms with Crippen LogP contribution in [0.5, 0.6) is 0 Å². The standard InChI is InChI=1S/C15H23O2S/c1-11-6-8-12(9-7-11)18-10-13(16-4)15(2,3)14(18)17-5/h6-9,13-14H,10H2,1-5H3/q+1. The van der Waals surface area contributed by atoms with Crippen molar-refractivity contribution in [3.05, 3.63) is 29.8 Å². The lowest BCUT2D eigenvalue weighted by Crippen LogP contribution is -2.36. The van der Waals surface area contributed by atoms with Crippen LogP contribution >= 0.6 is 0 Å². The second kappa shape index (κ2) is 5.24. The summed E-state index contributed by atoms with van der Waals surface area (Å²) in [4.78, 5) is 1.39. The maximum Gasteiger partial charge on any atom is 0.231 e. The maximum absolute atomic E-state index is 5.79. The average molecular weight is 267 g/mol. The van der Waals surface area contributed by atoms with Crippen LogP contribution in [0.1, 0.15) is 19.4 Å². The van der Waals surface area contributed by atoms with Crippen LogP contribution in [0.4, 0.5) is 0 Å². The van der Waals surface area contributed by atoms with E-state index in [1.807, 2.05) is 7.11 Å². The van der Waals surface area contributed by atoms with Crippen molar-refractivity contribution in [2.45, 2.75) is 37.2 Å². The highest BCUT2D eigenvalue weighted by Gasteiger charge is 2.58. The van der Waals surface area contributed by atoms with E-state index in [1.165, 1.54) is 10.5 Å². The van der Waals surface area contributed by atoms with Gasteiger partial charge in [-0.2, -0.15) is 0 Å². The topological polar surface area (TPSA) is 18.5 Å². The Morgan fingerprint density at radius 1 is 1.11 bits per heavy atom. The molecule has 3 atom stereocenters. The fourth-order valence-electron chi connectivity index (χ4n) is 2.71. The van der Waals surface area contributed by atoms with E-state index in [0.29, 0.717) is 0 Å². The first kappa shape index (κ1) is 13.9. The summed E-state index contributed by atoms with van der Waals surface area (Å²) < 4.78 is 11.4. The van der Waals surface area contributed by atoms with Crippen molar-refractivity contribution in [2.24, 2.45) is 5.41 Å². The molecule has 3 heteroatoms. The number of ether oxygens (including phenoxy) is 2. The molecule has 0 bridgehead atoms. The Bertz CT molecular complexity index is 399. The van der Waals surface area contributed by atoms with Crippen molar-refractivity contribution < 1.29 is 9.47 Å². The Morgan fingerprint density at radius 3 is 2.22 bits per heavy atom. The van der Waals surface area contributed by atoms with E-state index in [2.05, 4.69) is 45.0 Å². The number of aryl methyl sites for hydroxylation is 1. The predicted octanol–water partition coefficient (Wildman–Crippen LogP) is 3.00. The zero-order chi connectivity index (χ0) is 13.3. The van der Waals surface area contributed by atoms with Crippen molar-refractivity contribution in [3.8, 4) is 0 Å². The largest absolute Gasteiger partial charge is 0.376 e. The molecule has 1 aliphatic rings. The SMILES string of the molecule is COC1C[S+](c2ccc(C)cc2)C(OC)C1(C)C. The van der Waals surface area contributed by atoms with E-state index in [0.717, 1.165) is 5.75 Å². The molecule has 0 aliphatic carbocycles. The van der Waals surface area contributed by atoms with Gasteiger partial charge in [0.15, 0.2) is 4.90 Å². The van der Waals surface area contributed by atoms with Crippen molar-refractivity contribution in [1.29, 1.82) is 0 Å². The molecule has 1 heterocycles. The molecular formula is C15H23O2S+. The molecule has 1 aromatic carbocycles. The van der Waals surface area contributed by atoms with Gasteiger partial charge < -0.3 is 9.47 Å². The summed E-state index contributed by atoms with van der Waals surface area (Å²) in [5.41, 5.74) is 1.61. The summed E-state index contributed by atoms with van der Waals surface area (Å²) in [5, 5.41) is 0. The maximum atomic E-state index is 5.79. The van der Waals surface area contributed by atoms with Gasteiger partial charge in [0.2, 0.25) is 5.44 Å². The van der Waals surface area contributed by atoms with Gasteiger partial charge in [-0.25, -0.2) is 0 Å². The van der Waals surface area contributed by atoms with Gasteiger partial charge >= 0.3 is 0 Å². The number of hydrogen-bond donors (Lipinski definition) is 0. The molecule has 0 aromatic heterocycles. The van der Waals surface area contributed by atoms with Gasteiger partial charge in [0, 0.05) is 14.2 Å². The molecule has 0 amide bonds. The van der Waals surface area contributed by atoms with Crippen LogP contribution in [0.3, 0.4) is 0 Å². The molecule has 2 rings (SSSR count). The van der Waals surface area contributed by atoms with Crippen LogP contribution in [0.25, 0.3) is 0 Å². The van der Waals surface area contributed by atoms with Gasteiger partial charge in [0.25, 0.3) is 0 Å². The Morgan fingerprint density at radius 2 is 1.72 bits per heavy atom. The fraction of sp³-hybridized carbons (Fsp3) is 0.600. The molecule has 0 spiro atoms. The predicted molar refractivity (Wildman–Crippen MR) is 77.1 cm³/mol. The molecule has 0 radical (unpaired) electrons. The van der Waals surface area contributed by atoms with Crippen molar-refractivity contribution in [1.82, 2.24) is 0 Å². The fourth-order valence-corrected chi connectivity index (χ4v) is 5.82. The molecule has 0 saturated carbocycles. The second-order valence-corrected chi connectivity index (χ2v) is 7.61. The van der Waals surface area contributed by atoms with Crippen LogP contribution in [0, 0.1) is 12.3 Å². The first-order valence-electron chi connectivity index (χ1n) is 6.32. The van der Waals surface area contributed by atoms with Gasteiger partial charge in [-0.3, -0.25) is 0 Å². The lowest BCUT2D eigenvalue weighted by Gasteiger charge is -2.26. The minimum absolute atomic E-state index is 0.0670. The smallest absolute Gasteiger partial charge is 0.231 e. The van der Waals surface area contributed by atoms with Gasteiger partial charge in [-0.1, -0.05) is 17.7 Å². The number of methoxy groups -OCH3 is 2.